The first-order valence-electron chi connectivity index (χ1n) is 7.08. The fourth-order valence-corrected chi connectivity index (χ4v) is 2.60. The Morgan fingerprint density at radius 3 is 2.41 bits per heavy atom. The molecule has 2 aromatic carbocycles. The second kappa shape index (κ2) is 7.31. The molecule has 0 radical (unpaired) electrons. The normalized spacial score (nSPS) is 11.2. The van der Waals surface area contributed by atoms with Crippen LogP contribution in [0.4, 0.5) is 0 Å². The van der Waals surface area contributed by atoms with E-state index in [2.05, 4.69) is 0 Å². The minimum Gasteiger partial charge on any atom is -0.493 e. The lowest BCUT2D eigenvalue weighted by Gasteiger charge is -2.10. The highest BCUT2D eigenvalue weighted by Gasteiger charge is 2.07. The number of rotatable bonds is 7. The van der Waals surface area contributed by atoms with Crippen LogP contribution in [-0.2, 0) is 9.84 Å². The molecule has 4 nitrogen and oxygen atoms in total. The first kappa shape index (κ1) is 16.4. The Balaban J connectivity index is 1.79. The summed E-state index contributed by atoms with van der Waals surface area (Å²) in [5.74, 6) is 1.43. The number of ether oxygens (including phenoxy) is 2. The van der Waals surface area contributed by atoms with E-state index >= 15 is 0 Å². The van der Waals surface area contributed by atoms with Gasteiger partial charge in [0.15, 0.2) is 9.84 Å². The molecule has 118 valence electrons. The van der Waals surface area contributed by atoms with Crippen LogP contribution in [0.3, 0.4) is 0 Å². The zero-order valence-electron chi connectivity index (χ0n) is 12.8. The van der Waals surface area contributed by atoms with Crippen molar-refractivity contribution in [1.82, 2.24) is 0 Å². The van der Waals surface area contributed by atoms with Crippen molar-refractivity contribution >= 4 is 9.84 Å². The molecule has 0 spiro atoms. The predicted molar refractivity (Wildman–Crippen MR) is 86.3 cm³/mol. The van der Waals surface area contributed by atoms with Crippen molar-refractivity contribution in [2.24, 2.45) is 0 Å². The van der Waals surface area contributed by atoms with E-state index in [1.807, 2.05) is 31.2 Å². The van der Waals surface area contributed by atoms with Gasteiger partial charge in [0.05, 0.1) is 18.1 Å². The molecule has 5 heteroatoms. The Labute approximate surface area is 131 Å². The van der Waals surface area contributed by atoms with Crippen LogP contribution in [0.25, 0.3) is 0 Å². The second-order valence-corrected chi connectivity index (χ2v) is 7.08. The predicted octanol–water partition coefficient (Wildman–Crippen LogP) is 3.25. The van der Waals surface area contributed by atoms with Gasteiger partial charge in [0.2, 0.25) is 0 Å². The third-order valence-electron chi connectivity index (χ3n) is 3.14. The third-order valence-corrected chi connectivity index (χ3v) is 4.25. The summed E-state index contributed by atoms with van der Waals surface area (Å²) in [6.07, 6.45) is 1.90. The highest BCUT2D eigenvalue weighted by atomic mass is 32.2. The lowest BCUT2D eigenvalue weighted by molar-refractivity contribution is 0.246. The minimum atomic E-state index is -3.21. The molecule has 0 atom stereocenters. The third kappa shape index (κ3) is 4.77. The molecule has 2 rings (SSSR count). The molecule has 22 heavy (non-hydrogen) atoms. The molecule has 0 aromatic heterocycles. The summed E-state index contributed by atoms with van der Waals surface area (Å²) in [5.41, 5.74) is 1.10. The smallest absolute Gasteiger partial charge is 0.175 e. The monoisotopic (exact) mass is 320 g/mol. The van der Waals surface area contributed by atoms with Gasteiger partial charge in [-0.15, -0.1) is 0 Å². The van der Waals surface area contributed by atoms with Gasteiger partial charge in [-0.1, -0.05) is 24.3 Å². The van der Waals surface area contributed by atoms with E-state index in [1.165, 1.54) is 12.3 Å². The van der Waals surface area contributed by atoms with Gasteiger partial charge in [-0.25, -0.2) is 8.42 Å². The van der Waals surface area contributed by atoms with Gasteiger partial charge in [0.1, 0.15) is 11.5 Å². The van der Waals surface area contributed by atoms with Gasteiger partial charge in [-0.05, 0) is 36.8 Å². The molecule has 0 aliphatic heterocycles. The summed E-state index contributed by atoms with van der Waals surface area (Å²) < 4.78 is 34.2. The first-order chi connectivity index (χ1) is 10.5. The second-order valence-electron chi connectivity index (χ2n) is 5.06. The molecular formula is C17H20O4S. The minimum absolute atomic E-state index is 0.265. The Morgan fingerprint density at radius 2 is 1.68 bits per heavy atom. The van der Waals surface area contributed by atoms with Gasteiger partial charge in [0.25, 0.3) is 0 Å². The number of benzene rings is 2. The molecule has 2 aromatic rings. The van der Waals surface area contributed by atoms with E-state index in [0.717, 1.165) is 17.7 Å². The maximum atomic E-state index is 11.5. The van der Waals surface area contributed by atoms with Gasteiger partial charge < -0.3 is 9.47 Å². The number of sulfone groups is 1. The van der Waals surface area contributed by atoms with Gasteiger partial charge in [0, 0.05) is 12.7 Å². The summed E-state index contributed by atoms with van der Waals surface area (Å²) in [7, 11) is -3.21. The number of para-hydroxylation sites is 1. The quantitative estimate of drug-likeness (QED) is 0.735. The molecular weight excluding hydrogens is 300 g/mol. The van der Waals surface area contributed by atoms with E-state index in [0.29, 0.717) is 19.0 Å². The van der Waals surface area contributed by atoms with Crippen molar-refractivity contribution in [1.29, 1.82) is 0 Å². The molecule has 0 amide bonds. The zero-order chi connectivity index (χ0) is 16.0. The molecule has 0 saturated carbocycles. The summed E-state index contributed by atoms with van der Waals surface area (Å²) in [4.78, 5) is 0.265. The SMILES string of the molecule is Cc1ccccc1OCCCOc1cccc(S(C)(=O)=O)c1. The average molecular weight is 320 g/mol. The largest absolute Gasteiger partial charge is 0.493 e. The van der Waals surface area contributed by atoms with E-state index in [4.69, 9.17) is 9.47 Å². The molecule has 0 aliphatic rings. The Bertz CT molecular complexity index is 723. The fourth-order valence-electron chi connectivity index (χ4n) is 1.94. The fraction of sp³-hybridized carbons (Fsp3) is 0.294. The van der Waals surface area contributed by atoms with E-state index in [1.54, 1.807) is 18.2 Å². The van der Waals surface area contributed by atoms with Gasteiger partial charge in [-0.2, -0.15) is 0 Å². The topological polar surface area (TPSA) is 52.6 Å². The van der Waals surface area contributed by atoms with Crippen molar-refractivity contribution < 1.29 is 17.9 Å². The van der Waals surface area contributed by atoms with Gasteiger partial charge >= 0.3 is 0 Å². The van der Waals surface area contributed by atoms with Crippen molar-refractivity contribution in [3.05, 3.63) is 54.1 Å². The maximum absolute atomic E-state index is 11.5. The van der Waals surface area contributed by atoms with Crippen LogP contribution in [0.2, 0.25) is 0 Å². The summed E-state index contributed by atoms with van der Waals surface area (Å²) in [6.45, 7) is 3.03. The summed E-state index contributed by atoms with van der Waals surface area (Å²) in [5, 5.41) is 0. The molecule has 0 unspecified atom stereocenters. The van der Waals surface area contributed by atoms with Crippen LogP contribution >= 0.6 is 0 Å². The zero-order valence-corrected chi connectivity index (χ0v) is 13.6. The lowest BCUT2D eigenvalue weighted by Crippen LogP contribution is -2.06. The van der Waals surface area contributed by atoms with Crippen LogP contribution in [0.5, 0.6) is 11.5 Å². The van der Waals surface area contributed by atoms with E-state index in [-0.39, 0.29) is 4.90 Å². The Morgan fingerprint density at radius 1 is 0.955 bits per heavy atom. The van der Waals surface area contributed by atoms with Crippen molar-refractivity contribution in [3.8, 4) is 11.5 Å². The van der Waals surface area contributed by atoms with Crippen molar-refractivity contribution in [2.45, 2.75) is 18.2 Å². The van der Waals surface area contributed by atoms with E-state index in [9.17, 15) is 8.42 Å². The van der Waals surface area contributed by atoms with Crippen LogP contribution in [0.1, 0.15) is 12.0 Å². The molecule has 0 heterocycles. The standard InChI is InChI=1S/C17H20O4S/c1-14-7-3-4-10-17(14)21-12-6-11-20-15-8-5-9-16(13-15)22(2,18)19/h3-5,7-10,13H,6,11-12H2,1-2H3. The van der Waals surface area contributed by atoms with Crippen LogP contribution < -0.4 is 9.47 Å². The average Bonchev–Trinajstić information content (AvgIpc) is 2.48. The molecule has 0 aliphatic carbocycles. The highest BCUT2D eigenvalue weighted by Crippen LogP contribution is 2.18. The number of hydrogen-bond acceptors (Lipinski definition) is 4. The highest BCUT2D eigenvalue weighted by molar-refractivity contribution is 7.90. The van der Waals surface area contributed by atoms with Gasteiger partial charge in [-0.3, -0.25) is 0 Å². The van der Waals surface area contributed by atoms with Crippen LogP contribution in [0, 0.1) is 6.92 Å². The Hall–Kier alpha value is -2.01. The van der Waals surface area contributed by atoms with Crippen LogP contribution in [-0.4, -0.2) is 27.9 Å². The van der Waals surface area contributed by atoms with Crippen molar-refractivity contribution in [3.63, 3.8) is 0 Å². The van der Waals surface area contributed by atoms with E-state index < -0.39 is 9.84 Å². The lowest BCUT2D eigenvalue weighted by atomic mass is 10.2. The Kier molecular flexibility index (Phi) is 5.44. The molecule has 0 bridgehead atoms. The maximum Gasteiger partial charge on any atom is 0.175 e. The molecule has 0 saturated heterocycles. The first-order valence-corrected chi connectivity index (χ1v) is 8.97. The molecule has 0 fully saturated rings. The van der Waals surface area contributed by atoms with Crippen LogP contribution in [0.15, 0.2) is 53.4 Å². The molecule has 0 N–H and O–H groups in total. The summed E-state index contributed by atoms with van der Waals surface area (Å²) in [6, 6.07) is 14.4. The number of hydrogen-bond donors (Lipinski definition) is 0. The number of aryl methyl sites for hydroxylation is 1. The van der Waals surface area contributed by atoms with Crippen molar-refractivity contribution in [2.75, 3.05) is 19.5 Å². The summed E-state index contributed by atoms with van der Waals surface area (Å²) >= 11 is 0.